The van der Waals surface area contributed by atoms with Gasteiger partial charge in [0.05, 0.1) is 12.1 Å². The van der Waals surface area contributed by atoms with Crippen molar-refractivity contribution in [3.05, 3.63) is 48.1 Å². The summed E-state index contributed by atoms with van der Waals surface area (Å²) in [5, 5.41) is 6.24. The first-order chi connectivity index (χ1) is 7.74. The normalized spacial score (nSPS) is 10.1. The first-order valence-electron chi connectivity index (χ1n) is 4.69. The molecule has 0 atom stereocenters. The Morgan fingerprint density at radius 3 is 2.69 bits per heavy atom. The molecule has 2 aromatic rings. The maximum absolute atomic E-state index is 12.6. The molecule has 1 N–H and O–H groups in total. The van der Waals surface area contributed by atoms with E-state index in [1.165, 1.54) is 30.5 Å². The van der Waals surface area contributed by atoms with Gasteiger partial charge in [-0.2, -0.15) is 0 Å². The molecule has 1 aromatic heterocycles. The molecule has 0 unspecified atom stereocenters. The van der Waals surface area contributed by atoms with Gasteiger partial charge in [-0.15, -0.1) is 0 Å². The van der Waals surface area contributed by atoms with Crippen molar-refractivity contribution in [2.75, 3.05) is 5.32 Å². The first kappa shape index (κ1) is 10.4. The molecule has 0 spiro atoms. The lowest BCUT2D eigenvalue weighted by Gasteiger charge is -2.02. The van der Waals surface area contributed by atoms with E-state index < -0.39 is 0 Å². The zero-order valence-corrected chi connectivity index (χ0v) is 8.31. The van der Waals surface area contributed by atoms with E-state index in [0.29, 0.717) is 11.4 Å². The van der Waals surface area contributed by atoms with Crippen LogP contribution < -0.4 is 5.32 Å². The van der Waals surface area contributed by atoms with Crippen LogP contribution >= 0.6 is 0 Å². The third-order valence-electron chi connectivity index (χ3n) is 1.96. The van der Waals surface area contributed by atoms with E-state index in [1.54, 1.807) is 6.07 Å². The summed E-state index contributed by atoms with van der Waals surface area (Å²) in [6.45, 7) is 0. The Balaban J connectivity index is 1.95. The van der Waals surface area contributed by atoms with Gasteiger partial charge in [0.25, 0.3) is 0 Å². The third kappa shape index (κ3) is 2.66. The van der Waals surface area contributed by atoms with Crippen LogP contribution in [0.15, 0.2) is 41.1 Å². The molecule has 0 radical (unpaired) electrons. The predicted octanol–water partition coefficient (Wildman–Crippen LogP) is 1.99. The van der Waals surface area contributed by atoms with Gasteiger partial charge in [0.1, 0.15) is 12.1 Å². The highest BCUT2D eigenvalue weighted by Crippen LogP contribution is 2.08. The number of carbonyl (C=O) groups excluding carboxylic acids is 1. The minimum absolute atomic E-state index is 0.133. The van der Waals surface area contributed by atoms with E-state index in [-0.39, 0.29) is 18.1 Å². The highest BCUT2D eigenvalue weighted by molar-refractivity contribution is 5.91. The monoisotopic (exact) mass is 220 g/mol. The van der Waals surface area contributed by atoms with Crippen LogP contribution in [0, 0.1) is 5.82 Å². The lowest BCUT2D eigenvalue weighted by Crippen LogP contribution is -2.14. The van der Waals surface area contributed by atoms with Crippen LogP contribution in [-0.2, 0) is 11.2 Å². The van der Waals surface area contributed by atoms with Crippen molar-refractivity contribution in [3.63, 3.8) is 0 Å². The fourth-order valence-corrected chi connectivity index (χ4v) is 1.23. The number of nitrogens with one attached hydrogen (secondary N) is 1. The summed E-state index contributed by atoms with van der Waals surface area (Å²) in [4.78, 5) is 11.5. The van der Waals surface area contributed by atoms with Crippen molar-refractivity contribution in [3.8, 4) is 0 Å². The quantitative estimate of drug-likeness (QED) is 0.860. The van der Waals surface area contributed by atoms with Gasteiger partial charge in [-0.25, -0.2) is 4.39 Å². The highest BCUT2D eigenvalue weighted by atomic mass is 19.1. The number of amides is 1. The largest absolute Gasteiger partial charge is 0.364 e. The Kier molecular flexibility index (Phi) is 2.95. The van der Waals surface area contributed by atoms with Gasteiger partial charge in [-0.05, 0) is 24.3 Å². The molecule has 1 amide bonds. The zero-order chi connectivity index (χ0) is 11.4. The average Bonchev–Trinajstić information content (AvgIpc) is 2.74. The predicted molar refractivity (Wildman–Crippen MR) is 55.2 cm³/mol. The summed E-state index contributed by atoms with van der Waals surface area (Å²) in [5.41, 5.74) is 1.11. The number of hydrogen-bond acceptors (Lipinski definition) is 3. The van der Waals surface area contributed by atoms with Gasteiger partial charge in [0, 0.05) is 11.8 Å². The summed E-state index contributed by atoms with van der Waals surface area (Å²) < 4.78 is 17.2. The standard InChI is InChI=1S/C11H9FN2O2/c12-8-1-3-9(4-2-8)13-11(15)7-10-5-6-16-14-10/h1-6H,7H2,(H,13,15). The molecule has 0 saturated heterocycles. The van der Waals surface area contributed by atoms with E-state index in [9.17, 15) is 9.18 Å². The Morgan fingerprint density at radius 1 is 1.31 bits per heavy atom. The van der Waals surface area contributed by atoms with Crippen molar-refractivity contribution < 1.29 is 13.7 Å². The smallest absolute Gasteiger partial charge is 0.230 e. The number of nitrogens with zero attached hydrogens (tertiary/aromatic N) is 1. The molecule has 0 bridgehead atoms. The summed E-state index contributed by atoms with van der Waals surface area (Å²) in [5.74, 6) is -0.560. The van der Waals surface area contributed by atoms with Crippen LogP contribution in [0.1, 0.15) is 5.69 Å². The molecule has 2 rings (SSSR count). The van der Waals surface area contributed by atoms with Crippen LogP contribution in [0.4, 0.5) is 10.1 Å². The van der Waals surface area contributed by atoms with Gasteiger partial charge < -0.3 is 9.84 Å². The molecule has 82 valence electrons. The van der Waals surface area contributed by atoms with Crippen molar-refractivity contribution in [1.82, 2.24) is 5.16 Å². The van der Waals surface area contributed by atoms with E-state index in [1.807, 2.05) is 0 Å². The lowest BCUT2D eigenvalue weighted by atomic mass is 10.2. The maximum atomic E-state index is 12.6. The second-order valence-corrected chi connectivity index (χ2v) is 3.22. The summed E-state index contributed by atoms with van der Waals surface area (Å²) in [7, 11) is 0. The van der Waals surface area contributed by atoms with Crippen LogP contribution in [0.25, 0.3) is 0 Å². The second kappa shape index (κ2) is 4.57. The zero-order valence-electron chi connectivity index (χ0n) is 8.31. The summed E-state index contributed by atoms with van der Waals surface area (Å²) in [6.07, 6.45) is 1.54. The van der Waals surface area contributed by atoms with Crippen molar-refractivity contribution in [2.45, 2.75) is 6.42 Å². The number of anilines is 1. The molecular formula is C11H9FN2O2. The molecule has 16 heavy (non-hydrogen) atoms. The molecule has 0 aliphatic carbocycles. The third-order valence-corrected chi connectivity index (χ3v) is 1.96. The molecule has 0 saturated carbocycles. The Morgan fingerprint density at radius 2 is 2.06 bits per heavy atom. The summed E-state index contributed by atoms with van der Waals surface area (Å²) in [6, 6.07) is 7.17. The molecule has 4 nitrogen and oxygen atoms in total. The molecule has 0 fully saturated rings. The average molecular weight is 220 g/mol. The van der Waals surface area contributed by atoms with E-state index in [4.69, 9.17) is 0 Å². The van der Waals surface area contributed by atoms with Crippen LogP contribution in [-0.4, -0.2) is 11.1 Å². The van der Waals surface area contributed by atoms with Gasteiger partial charge in [0.2, 0.25) is 5.91 Å². The number of benzene rings is 1. The van der Waals surface area contributed by atoms with E-state index in [2.05, 4.69) is 15.0 Å². The van der Waals surface area contributed by atoms with Crippen molar-refractivity contribution in [1.29, 1.82) is 0 Å². The van der Waals surface area contributed by atoms with Crippen molar-refractivity contribution in [2.24, 2.45) is 0 Å². The maximum Gasteiger partial charge on any atom is 0.230 e. The van der Waals surface area contributed by atoms with Crippen molar-refractivity contribution >= 4 is 11.6 Å². The SMILES string of the molecule is O=C(Cc1ccon1)Nc1ccc(F)cc1. The van der Waals surface area contributed by atoms with Gasteiger partial charge in [-0.1, -0.05) is 5.16 Å². The molecule has 1 aromatic carbocycles. The topological polar surface area (TPSA) is 55.1 Å². The Hall–Kier alpha value is -2.17. The lowest BCUT2D eigenvalue weighted by molar-refractivity contribution is -0.115. The number of hydrogen-bond donors (Lipinski definition) is 1. The minimum atomic E-state index is -0.338. The molecule has 5 heteroatoms. The minimum Gasteiger partial charge on any atom is -0.364 e. The Bertz CT molecular complexity index is 465. The first-order valence-corrected chi connectivity index (χ1v) is 4.69. The van der Waals surface area contributed by atoms with Crippen LogP contribution in [0.5, 0.6) is 0 Å². The highest BCUT2D eigenvalue weighted by Gasteiger charge is 2.06. The number of carbonyl (C=O) groups is 1. The Labute approximate surface area is 91.1 Å². The molecule has 0 aliphatic heterocycles. The second-order valence-electron chi connectivity index (χ2n) is 3.22. The van der Waals surface area contributed by atoms with Gasteiger partial charge >= 0.3 is 0 Å². The van der Waals surface area contributed by atoms with E-state index >= 15 is 0 Å². The van der Waals surface area contributed by atoms with Gasteiger partial charge in [-0.3, -0.25) is 4.79 Å². The number of halogens is 1. The number of aromatic nitrogens is 1. The van der Waals surface area contributed by atoms with Crippen LogP contribution in [0.3, 0.4) is 0 Å². The molecule has 0 aliphatic rings. The van der Waals surface area contributed by atoms with Crippen LogP contribution in [0.2, 0.25) is 0 Å². The fourth-order valence-electron chi connectivity index (χ4n) is 1.23. The van der Waals surface area contributed by atoms with E-state index in [0.717, 1.165) is 0 Å². The number of rotatable bonds is 3. The molecule has 1 heterocycles. The van der Waals surface area contributed by atoms with Gasteiger partial charge in [0.15, 0.2) is 0 Å². The summed E-state index contributed by atoms with van der Waals surface area (Å²) >= 11 is 0. The molecular weight excluding hydrogens is 211 g/mol. The fraction of sp³-hybridized carbons (Fsp3) is 0.0909.